The van der Waals surface area contributed by atoms with Gasteiger partial charge in [0.15, 0.2) is 0 Å². The summed E-state index contributed by atoms with van der Waals surface area (Å²) in [6.07, 6.45) is 2.50. The monoisotopic (exact) mass is 104 g/mol. The van der Waals surface area contributed by atoms with Gasteiger partial charge in [-0.1, -0.05) is 13.2 Å². The van der Waals surface area contributed by atoms with E-state index in [4.69, 9.17) is 0 Å². The van der Waals surface area contributed by atoms with Gasteiger partial charge < -0.3 is 16.9 Å². The van der Waals surface area contributed by atoms with E-state index in [0.717, 1.165) is 0 Å². The van der Waals surface area contributed by atoms with E-state index in [2.05, 4.69) is 24.6 Å². The molecule has 0 atom stereocenters. The highest BCUT2D eigenvalue weighted by molar-refractivity contribution is 4.48. The maximum absolute atomic E-state index is 4.61. The SMILES string of the molecule is C=CN.C=CN.O. The zero-order valence-electron chi connectivity index (χ0n) is 4.22. The highest BCUT2D eigenvalue weighted by atomic mass is 16.0. The summed E-state index contributed by atoms with van der Waals surface area (Å²) in [7, 11) is 0. The molecule has 0 unspecified atom stereocenters. The van der Waals surface area contributed by atoms with E-state index in [-0.39, 0.29) is 5.48 Å². The van der Waals surface area contributed by atoms with Gasteiger partial charge in [0.2, 0.25) is 0 Å². The van der Waals surface area contributed by atoms with E-state index in [9.17, 15) is 0 Å². The van der Waals surface area contributed by atoms with Crippen molar-refractivity contribution in [2.75, 3.05) is 0 Å². The van der Waals surface area contributed by atoms with Crippen molar-refractivity contribution in [3.05, 3.63) is 25.6 Å². The predicted molar refractivity (Wildman–Crippen MR) is 32.4 cm³/mol. The molecule has 0 amide bonds. The van der Waals surface area contributed by atoms with Crippen molar-refractivity contribution < 1.29 is 5.48 Å². The summed E-state index contributed by atoms with van der Waals surface area (Å²) in [5.74, 6) is 0. The standard InChI is InChI=1S/2C2H5N.H2O/c2*1-2-3;/h2*2H,1,3H2;1H2. The first-order valence-electron chi connectivity index (χ1n) is 1.48. The Labute approximate surface area is 43.6 Å². The number of nitrogens with two attached hydrogens (primary N) is 2. The molecule has 0 aromatic heterocycles. The van der Waals surface area contributed by atoms with Gasteiger partial charge in [-0.3, -0.25) is 0 Å². The molecule has 0 saturated heterocycles. The highest BCUT2D eigenvalue weighted by Crippen LogP contribution is 1.14. The van der Waals surface area contributed by atoms with Crippen molar-refractivity contribution in [3.8, 4) is 0 Å². The van der Waals surface area contributed by atoms with Gasteiger partial charge in [0, 0.05) is 0 Å². The second-order valence-corrected chi connectivity index (χ2v) is 0.471. The fraction of sp³-hybridized carbons (Fsp3) is 0. The molecule has 0 aliphatic rings. The molecule has 0 fully saturated rings. The molecule has 0 heterocycles. The molecule has 0 radical (unpaired) electrons. The van der Waals surface area contributed by atoms with E-state index in [0.29, 0.717) is 0 Å². The predicted octanol–water partition coefficient (Wildman–Crippen LogP) is -0.647. The fourth-order valence-corrected chi connectivity index (χ4v) is 0. The minimum atomic E-state index is 0. The van der Waals surface area contributed by atoms with Crippen LogP contribution in [0.15, 0.2) is 25.6 Å². The zero-order valence-corrected chi connectivity index (χ0v) is 4.22. The third-order valence-corrected chi connectivity index (χ3v) is 0. The molecule has 3 nitrogen and oxygen atoms in total. The molecule has 0 aliphatic heterocycles. The molecule has 0 aromatic rings. The molecule has 44 valence electrons. The van der Waals surface area contributed by atoms with Crippen LogP contribution < -0.4 is 11.5 Å². The third kappa shape index (κ3) is 50.5. The van der Waals surface area contributed by atoms with Crippen LogP contribution in [-0.2, 0) is 0 Å². The van der Waals surface area contributed by atoms with Crippen LogP contribution in [0.2, 0.25) is 0 Å². The average molecular weight is 104 g/mol. The van der Waals surface area contributed by atoms with Gasteiger partial charge in [0.1, 0.15) is 0 Å². The Morgan fingerprint density at radius 2 is 1.00 bits per heavy atom. The first kappa shape index (κ1) is 16.6. The minimum Gasteiger partial charge on any atom is -0.412 e. The van der Waals surface area contributed by atoms with Gasteiger partial charge in [-0.2, -0.15) is 0 Å². The van der Waals surface area contributed by atoms with Gasteiger partial charge >= 0.3 is 0 Å². The van der Waals surface area contributed by atoms with Crippen LogP contribution in [0.3, 0.4) is 0 Å². The van der Waals surface area contributed by atoms with Gasteiger partial charge in [0.25, 0.3) is 0 Å². The number of rotatable bonds is 0. The second kappa shape index (κ2) is 76.1. The Morgan fingerprint density at radius 3 is 1.00 bits per heavy atom. The number of hydrogen-bond acceptors (Lipinski definition) is 2. The van der Waals surface area contributed by atoms with E-state index in [1.807, 2.05) is 0 Å². The van der Waals surface area contributed by atoms with Crippen molar-refractivity contribution >= 4 is 0 Å². The maximum Gasteiger partial charge on any atom is -0.0136 e. The van der Waals surface area contributed by atoms with Gasteiger partial charge in [-0.25, -0.2) is 0 Å². The van der Waals surface area contributed by atoms with Crippen molar-refractivity contribution in [1.29, 1.82) is 0 Å². The highest BCUT2D eigenvalue weighted by Gasteiger charge is 1.09. The molecule has 0 spiro atoms. The van der Waals surface area contributed by atoms with E-state index in [1.54, 1.807) is 0 Å². The van der Waals surface area contributed by atoms with Crippen molar-refractivity contribution in [2.45, 2.75) is 0 Å². The topological polar surface area (TPSA) is 83.5 Å². The summed E-state index contributed by atoms with van der Waals surface area (Å²) < 4.78 is 0. The summed E-state index contributed by atoms with van der Waals surface area (Å²) in [6, 6.07) is 0. The van der Waals surface area contributed by atoms with Crippen LogP contribution in [0.25, 0.3) is 0 Å². The molecule has 6 N–H and O–H groups in total. The van der Waals surface area contributed by atoms with Gasteiger partial charge in [-0.15, -0.1) is 0 Å². The van der Waals surface area contributed by atoms with Crippen LogP contribution >= 0.6 is 0 Å². The average Bonchev–Trinajstić information content (AvgIpc) is 1.39. The van der Waals surface area contributed by atoms with E-state index < -0.39 is 0 Å². The number of hydrogen-bond donors (Lipinski definition) is 2. The van der Waals surface area contributed by atoms with Crippen LogP contribution in [0.4, 0.5) is 0 Å². The smallest absolute Gasteiger partial charge is 0.0136 e. The lowest BCUT2D eigenvalue weighted by atomic mass is 11.1. The first-order chi connectivity index (χ1) is 2.83. The molecule has 3 heteroatoms. The minimum absolute atomic E-state index is 0. The second-order valence-electron chi connectivity index (χ2n) is 0.471. The van der Waals surface area contributed by atoms with Crippen molar-refractivity contribution in [1.82, 2.24) is 0 Å². The van der Waals surface area contributed by atoms with E-state index >= 15 is 0 Å². The van der Waals surface area contributed by atoms with Crippen molar-refractivity contribution in [2.24, 2.45) is 11.5 Å². The molecular formula is C4H12N2O. The maximum atomic E-state index is 4.61. The Hall–Kier alpha value is -0.960. The molecule has 0 bridgehead atoms. The third-order valence-electron chi connectivity index (χ3n) is 0. The molecular weight excluding hydrogens is 92.1 g/mol. The quantitative estimate of drug-likeness (QED) is 0.428. The van der Waals surface area contributed by atoms with Crippen LogP contribution in [0.1, 0.15) is 0 Å². The van der Waals surface area contributed by atoms with Crippen molar-refractivity contribution in [3.63, 3.8) is 0 Å². The largest absolute Gasteiger partial charge is 0.412 e. The van der Waals surface area contributed by atoms with Gasteiger partial charge in [-0.05, 0) is 12.4 Å². The van der Waals surface area contributed by atoms with Crippen LogP contribution in [0, 0.1) is 0 Å². The summed E-state index contributed by atoms with van der Waals surface area (Å²) >= 11 is 0. The molecule has 7 heavy (non-hydrogen) atoms. The molecule has 0 rings (SSSR count). The van der Waals surface area contributed by atoms with Crippen LogP contribution in [-0.4, -0.2) is 5.48 Å². The Balaban J connectivity index is -0.0000000400. The summed E-state index contributed by atoms with van der Waals surface area (Å²) in [4.78, 5) is 0. The summed E-state index contributed by atoms with van der Waals surface area (Å²) in [6.45, 7) is 6.28. The van der Waals surface area contributed by atoms with E-state index in [1.165, 1.54) is 12.4 Å². The summed E-state index contributed by atoms with van der Waals surface area (Å²) in [5.41, 5.74) is 9.22. The normalized spacial score (nSPS) is 3.43. The molecule has 0 aromatic carbocycles. The lowest BCUT2D eigenvalue weighted by Crippen LogP contribution is -1.67. The Bertz CT molecular complexity index is 30.7. The fourth-order valence-electron chi connectivity index (χ4n) is 0. The Kier molecular flexibility index (Phi) is 180. The molecule has 0 aliphatic carbocycles. The van der Waals surface area contributed by atoms with Crippen LogP contribution in [0.5, 0.6) is 0 Å². The lowest BCUT2D eigenvalue weighted by Gasteiger charge is -1.40. The Morgan fingerprint density at radius 1 is 1.00 bits per heavy atom. The first-order valence-corrected chi connectivity index (χ1v) is 1.48. The van der Waals surface area contributed by atoms with Gasteiger partial charge in [0.05, 0.1) is 0 Å². The lowest BCUT2D eigenvalue weighted by molar-refractivity contribution is 0.824. The zero-order chi connectivity index (χ0) is 5.41. The molecule has 0 saturated carbocycles. The summed E-state index contributed by atoms with van der Waals surface area (Å²) in [5, 5.41) is 0.